The summed E-state index contributed by atoms with van der Waals surface area (Å²) in [5, 5.41) is 14.0. The highest BCUT2D eigenvalue weighted by Gasteiger charge is 2.25. The molecule has 1 N–H and O–H groups in total. The molecule has 0 saturated heterocycles. The molecule has 0 aliphatic heterocycles. The zero-order chi connectivity index (χ0) is 17.4. The Labute approximate surface area is 136 Å². The van der Waals surface area contributed by atoms with Gasteiger partial charge in [0.05, 0.1) is 11.2 Å². The molecule has 0 radical (unpaired) electrons. The summed E-state index contributed by atoms with van der Waals surface area (Å²) in [6.07, 6.45) is 0. The highest BCUT2D eigenvalue weighted by Crippen LogP contribution is 2.22. The fraction of sp³-hybridized carbons (Fsp3) is 0.529. The lowest BCUT2D eigenvalue weighted by Crippen LogP contribution is -2.42. The minimum absolute atomic E-state index is 0.0887. The molecule has 0 unspecified atom stereocenters. The van der Waals surface area contributed by atoms with Gasteiger partial charge in [0.25, 0.3) is 5.91 Å². The standard InChI is InChI=1S/C17H25N3O3/c1-7-19(10-17(5,6)22)16(21)14-8-11(2)20(13(14)4)15-9-12(3)23-18-15/h8-9,22H,7,10H2,1-6H3. The molecule has 0 spiro atoms. The van der Waals surface area contributed by atoms with Gasteiger partial charge in [-0.25, -0.2) is 0 Å². The van der Waals surface area contributed by atoms with Gasteiger partial charge in [0.2, 0.25) is 0 Å². The molecule has 2 rings (SSSR count). The molecule has 6 heteroatoms. The van der Waals surface area contributed by atoms with E-state index in [1.54, 1.807) is 18.7 Å². The third kappa shape index (κ3) is 3.64. The van der Waals surface area contributed by atoms with Gasteiger partial charge < -0.3 is 14.5 Å². The topological polar surface area (TPSA) is 71.5 Å². The van der Waals surface area contributed by atoms with E-state index in [1.165, 1.54) is 0 Å². The molecule has 0 fully saturated rings. The van der Waals surface area contributed by atoms with E-state index in [9.17, 15) is 9.90 Å². The minimum Gasteiger partial charge on any atom is -0.389 e. The molecule has 6 nitrogen and oxygen atoms in total. The van der Waals surface area contributed by atoms with Crippen LogP contribution in [0.4, 0.5) is 0 Å². The average molecular weight is 319 g/mol. The summed E-state index contributed by atoms with van der Waals surface area (Å²) in [4.78, 5) is 14.5. The van der Waals surface area contributed by atoms with Crippen molar-refractivity contribution in [3.8, 4) is 5.82 Å². The molecule has 2 aromatic rings. The molecule has 0 saturated carbocycles. The Hall–Kier alpha value is -2.08. The highest BCUT2D eigenvalue weighted by atomic mass is 16.5. The molecule has 0 aliphatic carbocycles. The summed E-state index contributed by atoms with van der Waals surface area (Å²) in [5.41, 5.74) is 1.42. The molecule has 2 heterocycles. The molecule has 0 aromatic carbocycles. The second-order valence-electron chi connectivity index (χ2n) is 6.55. The predicted octanol–water partition coefficient (Wildman–Crippen LogP) is 2.62. The van der Waals surface area contributed by atoms with E-state index in [-0.39, 0.29) is 12.5 Å². The first-order valence-corrected chi connectivity index (χ1v) is 7.78. The third-order valence-corrected chi connectivity index (χ3v) is 3.75. The maximum Gasteiger partial charge on any atom is 0.255 e. The maximum absolute atomic E-state index is 12.8. The van der Waals surface area contributed by atoms with Crippen molar-refractivity contribution in [2.75, 3.05) is 13.1 Å². The molecular formula is C17H25N3O3. The lowest BCUT2D eigenvalue weighted by atomic mass is 10.1. The molecule has 1 amide bonds. The van der Waals surface area contributed by atoms with Gasteiger partial charge >= 0.3 is 0 Å². The molecule has 0 atom stereocenters. The molecule has 0 bridgehead atoms. The van der Waals surface area contributed by atoms with Crippen LogP contribution in [-0.2, 0) is 0 Å². The number of aromatic nitrogens is 2. The smallest absolute Gasteiger partial charge is 0.255 e. The van der Waals surface area contributed by atoms with E-state index in [2.05, 4.69) is 5.16 Å². The number of hydrogen-bond donors (Lipinski definition) is 1. The Balaban J connectivity index is 2.39. The molecule has 2 aromatic heterocycles. The summed E-state index contributed by atoms with van der Waals surface area (Å²) in [5.74, 6) is 1.30. The van der Waals surface area contributed by atoms with Crippen molar-refractivity contribution >= 4 is 5.91 Å². The Morgan fingerprint density at radius 2 is 2.00 bits per heavy atom. The number of hydrogen-bond acceptors (Lipinski definition) is 4. The lowest BCUT2D eigenvalue weighted by molar-refractivity contribution is 0.0314. The van der Waals surface area contributed by atoms with E-state index >= 15 is 0 Å². The van der Waals surface area contributed by atoms with E-state index in [0.717, 1.165) is 17.1 Å². The van der Waals surface area contributed by atoms with E-state index in [4.69, 9.17) is 4.52 Å². The first-order chi connectivity index (χ1) is 10.6. The van der Waals surface area contributed by atoms with Gasteiger partial charge in [-0.15, -0.1) is 0 Å². The first-order valence-electron chi connectivity index (χ1n) is 7.78. The van der Waals surface area contributed by atoms with Crippen LogP contribution in [0.25, 0.3) is 5.82 Å². The highest BCUT2D eigenvalue weighted by molar-refractivity contribution is 5.96. The van der Waals surface area contributed by atoms with Crippen molar-refractivity contribution in [1.29, 1.82) is 0 Å². The van der Waals surface area contributed by atoms with Gasteiger partial charge in [0, 0.05) is 30.5 Å². The molecular weight excluding hydrogens is 294 g/mol. The molecule has 0 aliphatic rings. The van der Waals surface area contributed by atoms with Crippen molar-refractivity contribution in [3.05, 3.63) is 34.8 Å². The van der Waals surface area contributed by atoms with E-state index in [1.807, 2.05) is 44.4 Å². The van der Waals surface area contributed by atoms with E-state index < -0.39 is 5.60 Å². The van der Waals surface area contributed by atoms with Crippen LogP contribution in [-0.4, -0.2) is 44.3 Å². The largest absolute Gasteiger partial charge is 0.389 e. The van der Waals surface area contributed by atoms with Crippen LogP contribution in [0.5, 0.6) is 0 Å². The average Bonchev–Trinajstić information content (AvgIpc) is 2.98. The maximum atomic E-state index is 12.8. The summed E-state index contributed by atoms with van der Waals surface area (Å²) in [6.45, 7) is 11.8. The second-order valence-corrected chi connectivity index (χ2v) is 6.55. The molecule has 23 heavy (non-hydrogen) atoms. The van der Waals surface area contributed by atoms with Gasteiger partial charge in [-0.2, -0.15) is 0 Å². The molecule has 126 valence electrons. The van der Waals surface area contributed by atoms with Crippen LogP contribution in [0.15, 0.2) is 16.7 Å². The van der Waals surface area contributed by atoms with Crippen LogP contribution < -0.4 is 0 Å². The van der Waals surface area contributed by atoms with Crippen LogP contribution in [0.2, 0.25) is 0 Å². The second kappa shape index (κ2) is 6.20. The number of amides is 1. The zero-order valence-corrected chi connectivity index (χ0v) is 14.7. The quantitative estimate of drug-likeness (QED) is 0.919. The fourth-order valence-corrected chi connectivity index (χ4v) is 2.76. The van der Waals surface area contributed by atoms with Crippen molar-refractivity contribution in [2.45, 2.75) is 47.1 Å². The van der Waals surface area contributed by atoms with Crippen LogP contribution >= 0.6 is 0 Å². The van der Waals surface area contributed by atoms with Crippen LogP contribution in [0.1, 0.15) is 48.3 Å². The number of aryl methyl sites for hydroxylation is 2. The SMILES string of the molecule is CCN(CC(C)(C)O)C(=O)c1cc(C)n(-c2cc(C)on2)c1C. The van der Waals surface area contributed by atoms with Crippen molar-refractivity contribution in [1.82, 2.24) is 14.6 Å². The number of rotatable bonds is 5. The minimum atomic E-state index is -0.930. The number of aliphatic hydroxyl groups is 1. The summed E-state index contributed by atoms with van der Waals surface area (Å²) in [6, 6.07) is 3.69. The number of carbonyl (C=O) groups is 1. The summed E-state index contributed by atoms with van der Waals surface area (Å²) >= 11 is 0. The van der Waals surface area contributed by atoms with Gasteiger partial charge in [-0.3, -0.25) is 9.36 Å². The number of carbonyl (C=O) groups excluding carboxylic acids is 1. The Morgan fingerprint density at radius 3 is 2.48 bits per heavy atom. The Bertz CT molecular complexity index is 707. The normalized spacial score (nSPS) is 11.8. The zero-order valence-electron chi connectivity index (χ0n) is 14.7. The monoisotopic (exact) mass is 319 g/mol. The van der Waals surface area contributed by atoms with Crippen molar-refractivity contribution < 1.29 is 14.4 Å². The van der Waals surface area contributed by atoms with Gasteiger partial charge in [0.1, 0.15) is 5.76 Å². The van der Waals surface area contributed by atoms with Gasteiger partial charge in [0.15, 0.2) is 5.82 Å². The third-order valence-electron chi connectivity index (χ3n) is 3.75. The van der Waals surface area contributed by atoms with Crippen LogP contribution in [0.3, 0.4) is 0 Å². The fourth-order valence-electron chi connectivity index (χ4n) is 2.76. The summed E-state index contributed by atoms with van der Waals surface area (Å²) < 4.78 is 7.04. The van der Waals surface area contributed by atoms with Crippen LogP contribution in [0, 0.1) is 20.8 Å². The van der Waals surface area contributed by atoms with E-state index in [0.29, 0.717) is 17.9 Å². The number of nitrogens with zero attached hydrogens (tertiary/aromatic N) is 3. The van der Waals surface area contributed by atoms with Crippen molar-refractivity contribution in [3.63, 3.8) is 0 Å². The van der Waals surface area contributed by atoms with Gasteiger partial charge in [-0.1, -0.05) is 5.16 Å². The Morgan fingerprint density at radius 1 is 1.35 bits per heavy atom. The van der Waals surface area contributed by atoms with Gasteiger partial charge in [-0.05, 0) is 47.6 Å². The van der Waals surface area contributed by atoms with Crippen molar-refractivity contribution in [2.24, 2.45) is 0 Å². The number of likely N-dealkylation sites (N-methyl/N-ethyl adjacent to an activating group) is 1. The first kappa shape index (κ1) is 17.3. The predicted molar refractivity (Wildman–Crippen MR) is 87.9 cm³/mol. The lowest BCUT2D eigenvalue weighted by Gasteiger charge is -2.28. The summed E-state index contributed by atoms with van der Waals surface area (Å²) in [7, 11) is 0. The Kier molecular flexibility index (Phi) is 4.66.